The number of ether oxygens (including phenoxy) is 2. The molecule has 0 unspecified atom stereocenters. The van der Waals surface area contributed by atoms with Gasteiger partial charge in [0, 0.05) is 0 Å². The quantitative estimate of drug-likeness (QED) is 0.629. The highest BCUT2D eigenvalue weighted by Crippen LogP contribution is 2.36. The summed E-state index contributed by atoms with van der Waals surface area (Å²) in [5.74, 6) is 1.20. The lowest BCUT2D eigenvalue weighted by Crippen LogP contribution is -2.13. The van der Waals surface area contributed by atoms with Gasteiger partial charge in [0.2, 0.25) is 0 Å². The average Bonchev–Trinajstić information content (AvgIpc) is 3.00. The zero-order chi connectivity index (χ0) is 18.0. The first-order valence-corrected chi connectivity index (χ1v) is 9.70. The number of methoxy groups -OCH3 is 1. The second kappa shape index (κ2) is 6.93. The van der Waals surface area contributed by atoms with Gasteiger partial charge in [0.1, 0.15) is 21.6 Å². The number of nitrogens with zero attached hydrogens (tertiary/aromatic N) is 1. The summed E-state index contributed by atoms with van der Waals surface area (Å²) in [7, 11) is -2.24. The van der Waals surface area contributed by atoms with Crippen molar-refractivity contribution in [1.82, 2.24) is 10.2 Å². The molecule has 25 heavy (non-hydrogen) atoms. The minimum atomic E-state index is -3.76. The van der Waals surface area contributed by atoms with E-state index in [4.69, 9.17) is 9.47 Å². The number of hydrogen-bond acceptors (Lipinski definition) is 5. The number of aromatic nitrogens is 2. The van der Waals surface area contributed by atoms with E-state index in [1.807, 2.05) is 6.92 Å². The molecule has 3 aromatic rings. The Morgan fingerprint density at radius 1 is 1.20 bits per heavy atom. The molecular formula is C16H16BrN3O4S. The van der Waals surface area contributed by atoms with E-state index in [1.54, 1.807) is 24.3 Å². The van der Waals surface area contributed by atoms with Crippen LogP contribution in [0, 0.1) is 0 Å². The number of anilines is 1. The molecule has 0 radical (unpaired) electrons. The van der Waals surface area contributed by atoms with Crippen LogP contribution >= 0.6 is 15.9 Å². The minimum Gasteiger partial charge on any atom is -0.497 e. The summed E-state index contributed by atoms with van der Waals surface area (Å²) in [4.78, 5) is 0.130. The molecule has 9 heteroatoms. The van der Waals surface area contributed by atoms with Gasteiger partial charge in [0.15, 0.2) is 0 Å². The van der Waals surface area contributed by atoms with E-state index in [-0.39, 0.29) is 4.90 Å². The number of hydrogen-bond donors (Lipinski definition) is 2. The molecule has 132 valence electrons. The first kappa shape index (κ1) is 17.6. The number of fused-ring (bicyclic) bond motifs is 1. The van der Waals surface area contributed by atoms with Gasteiger partial charge in [-0.05, 0) is 59.3 Å². The number of H-pyrrole nitrogens is 1. The van der Waals surface area contributed by atoms with E-state index in [2.05, 4.69) is 30.8 Å². The van der Waals surface area contributed by atoms with E-state index in [0.29, 0.717) is 39.3 Å². The maximum atomic E-state index is 12.6. The summed E-state index contributed by atoms with van der Waals surface area (Å²) in [6.45, 7) is 2.36. The summed E-state index contributed by atoms with van der Waals surface area (Å²) >= 11 is 3.37. The monoisotopic (exact) mass is 425 g/mol. The molecule has 0 atom stereocenters. The van der Waals surface area contributed by atoms with Gasteiger partial charge >= 0.3 is 0 Å². The number of nitrogens with one attached hydrogen (secondary N) is 2. The standard InChI is InChI=1S/C16H16BrN3O4S/c1-3-24-13-9-8-12(15-14(13)16(17)19-18-15)20-25(21,22)11-6-4-10(23-2)5-7-11/h4-9,20H,3H2,1-2H3,(H,18,19). The zero-order valence-electron chi connectivity index (χ0n) is 13.5. The van der Waals surface area contributed by atoms with Crippen molar-refractivity contribution in [3.63, 3.8) is 0 Å². The molecule has 0 bridgehead atoms. The molecule has 7 nitrogen and oxygen atoms in total. The van der Waals surface area contributed by atoms with E-state index in [9.17, 15) is 8.42 Å². The van der Waals surface area contributed by atoms with Crippen LogP contribution in [-0.4, -0.2) is 32.3 Å². The number of benzene rings is 2. The summed E-state index contributed by atoms with van der Waals surface area (Å²) < 4.78 is 39.1. The first-order chi connectivity index (χ1) is 12.0. The van der Waals surface area contributed by atoms with Crippen molar-refractivity contribution in [3.05, 3.63) is 41.0 Å². The third kappa shape index (κ3) is 3.42. The van der Waals surface area contributed by atoms with Crippen molar-refractivity contribution in [2.45, 2.75) is 11.8 Å². The van der Waals surface area contributed by atoms with E-state index in [0.717, 1.165) is 0 Å². The molecule has 1 heterocycles. The van der Waals surface area contributed by atoms with Crippen LogP contribution < -0.4 is 14.2 Å². The molecule has 0 spiro atoms. The number of sulfonamides is 1. The van der Waals surface area contributed by atoms with Crippen molar-refractivity contribution >= 4 is 42.5 Å². The number of aromatic amines is 1. The Hall–Kier alpha value is -2.26. The van der Waals surface area contributed by atoms with Crippen LogP contribution in [0.4, 0.5) is 5.69 Å². The predicted molar refractivity (Wildman–Crippen MR) is 98.8 cm³/mol. The van der Waals surface area contributed by atoms with Gasteiger partial charge in [-0.25, -0.2) is 8.42 Å². The Labute approximate surface area is 153 Å². The Bertz CT molecular complexity index is 1000. The third-order valence-electron chi connectivity index (χ3n) is 3.54. The molecule has 0 saturated carbocycles. The predicted octanol–water partition coefficient (Wildman–Crippen LogP) is 3.53. The normalized spacial score (nSPS) is 11.5. The fraction of sp³-hybridized carbons (Fsp3) is 0.188. The Morgan fingerprint density at radius 2 is 1.92 bits per heavy atom. The second-order valence-corrected chi connectivity index (χ2v) is 7.56. The summed E-state index contributed by atoms with van der Waals surface area (Å²) in [6, 6.07) is 9.47. The van der Waals surface area contributed by atoms with E-state index >= 15 is 0 Å². The molecule has 1 aromatic heterocycles. The highest BCUT2D eigenvalue weighted by Gasteiger charge is 2.19. The highest BCUT2D eigenvalue weighted by atomic mass is 79.9. The molecule has 2 aromatic carbocycles. The Morgan fingerprint density at radius 3 is 2.56 bits per heavy atom. The lowest BCUT2D eigenvalue weighted by Gasteiger charge is -2.11. The van der Waals surface area contributed by atoms with Crippen molar-refractivity contribution in [2.24, 2.45) is 0 Å². The zero-order valence-corrected chi connectivity index (χ0v) is 15.9. The smallest absolute Gasteiger partial charge is 0.261 e. The van der Waals surface area contributed by atoms with Crippen LogP contribution in [0.25, 0.3) is 10.9 Å². The fourth-order valence-corrected chi connectivity index (χ4v) is 3.92. The van der Waals surface area contributed by atoms with Crippen LogP contribution in [0.5, 0.6) is 11.5 Å². The maximum absolute atomic E-state index is 12.6. The SMILES string of the molecule is CCOc1ccc(NS(=O)(=O)c2ccc(OC)cc2)c2n[nH]c(Br)c12. The average molecular weight is 426 g/mol. The molecule has 0 aliphatic carbocycles. The van der Waals surface area contributed by atoms with Gasteiger partial charge in [0.05, 0.1) is 29.7 Å². The molecular weight excluding hydrogens is 410 g/mol. The second-order valence-electron chi connectivity index (χ2n) is 5.09. The van der Waals surface area contributed by atoms with Gasteiger partial charge in [-0.2, -0.15) is 5.10 Å². The molecule has 2 N–H and O–H groups in total. The Balaban J connectivity index is 2.01. The molecule has 0 aliphatic heterocycles. The lowest BCUT2D eigenvalue weighted by molar-refractivity contribution is 0.344. The Kier molecular flexibility index (Phi) is 4.87. The summed E-state index contributed by atoms with van der Waals surface area (Å²) in [5, 5.41) is 7.64. The molecule has 0 aliphatic rings. The van der Waals surface area contributed by atoms with Crippen LogP contribution in [0.3, 0.4) is 0 Å². The van der Waals surface area contributed by atoms with Crippen LogP contribution in [0.15, 0.2) is 45.9 Å². The van der Waals surface area contributed by atoms with E-state index in [1.165, 1.54) is 19.2 Å². The van der Waals surface area contributed by atoms with Gasteiger partial charge < -0.3 is 9.47 Å². The third-order valence-corrected chi connectivity index (χ3v) is 5.49. The van der Waals surface area contributed by atoms with Gasteiger partial charge in [-0.3, -0.25) is 9.82 Å². The topological polar surface area (TPSA) is 93.3 Å². The number of rotatable bonds is 6. The van der Waals surface area contributed by atoms with Gasteiger partial charge in [0.25, 0.3) is 10.0 Å². The molecule has 0 saturated heterocycles. The first-order valence-electron chi connectivity index (χ1n) is 7.42. The maximum Gasteiger partial charge on any atom is 0.261 e. The lowest BCUT2D eigenvalue weighted by atomic mass is 10.2. The largest absolute Gasteiger partial charge is 0.497 e. The van der Waals surface area contributed by atoms with Crippen molar-refractivity contribution in [2.75, 3.05) is 18.4 Å². The number of halogens is 1. The molecule has 0 fully saturated rings. The van der Waals surface area contributed by atoms with Crippen molar-refractivity contribution in [3.8, 4) is 11.5 Å². The van der Waals surface area contributed by atoms with Crippen molar-refractivity contribution in [1.29, 1.82) is 0 Å². The summed E-state index contributed by atoms with van der Waals surface area (Å²) in [6.07, 6.45) is 0. The van der Waals surface area contributed by atoms with Crippen LogP contribution in [-0.2, 0) is 10.0 Å². The van der Waals surface area contributed by atoms with Crippen molar-refractivity contribution < 1.29 is 17.9 Å². The molecule has 0 amide bonds. The van der Waals surface area contributed by atoms with Gasteiger partial charge in [-0.15, -0.1) is 0 Å². The molecule has 3 rings (SSSR count). The van der Waals surface area contributed by atoms with E-state index < -0.39 is 10.0 Å². The minimum absolute atomic E-state index is 0.130. The van der Waals surface area contributed by atoms with Gasteiger partial charge in [-0.1, -0.05) is 0 Å². The van der Waals surface area contributed by atoms with Crippen LogP contribution in [0.2, 0.25) is 0 Å². The van der Waals surface area contributed by atoms with Crippen LogP contribution in [0.1, 0.15) is 6.92 Å². The fourth-order valence-electron chi connectivity index (χ4n) is 2.38. The highest BCUT2D eigenvalue weighted by molar-refractivity contribution is 9.10. The summed E-state index contributed by atoms with van der Waals surface area (Å²) in [5.41, 5.74) is 0.825.